The number of hydrogen-bond donors (Lipinski definition) is 1. The highest BCUT2D eigenvalue weighted by molar-refractivity contribution is 6.04. The first-order valence-corrected chi connectivity index (χ1v) is 10.2. The average Bonchev–Trinajstić information content (AvgIpc) is 2.88. The second-order valence-electron chi connectivity index (χ2n) is 7.61. The molecule has 3 unspecified atom stereocenters. The fraction of sp³-hybridized carbons (Fsp3) is 0.850. The van der Waals surface area contributed by atoms with Crippen molar-refractivity contribution in [1.29, 1.82) is 0 Å². The summed E-state index contributed by atoms with van der Waals surface area (Å²) >= 11 is 0. The molecule has 6 heteroatoms. The lowest BCUT2D eigenvalue weighted by atomic mass is 9.72. The van der Waals surface area contributed by atoms with E-state index in [2.05, 4.69) is 12.2 Å². The Hall–Kier alpha value is -1.59. The van der Waals surface area contributed by atoms with Crippen LogP contribution in [0, 0.1) is 11.3 Å². The Morgan fingerprint density at radius 2 is 1.88 bits per heavy atom. The molecule has 0 aromatic carbocycles. The maximum Gasteiger partial charge on any atom is 0.324 e. The molecular weight excluding hydrogens is 334 g/mol. The summed E-state index contributed by atoms with van der Waals surface area (Å²) in [4.78, 5) is 38.1. The van der Waals surface area contributed by atoms with Gasteiger partial charge in [-0.3, -0.25) is 14.4 Å². The summed E-state index contributed by atoms with van der Waals surface area (Å²) < 4.78 is 10.6. The summed E-state index contributed by atoms with van der Waals surface area (Å²) in [6.07, 6.45) is 7.40. The van der Waals surface area contributed by atoms with E-state index in [1.165, 1.54) is 6.42 Å². The van der Waals surface area contributed by atoms with Crippen molar-refractivity contribution in [1.82, 2.24) is 5.32 Å². The van der Waals surface area contributed by atoms with Crippen LogP contribution in [0.1, 0.15) is 78.6 Å². The van der Waals surface area contributed by atoms with Crippen molar-refractivity contribution in [2.75, 3.05) is 6.61 Å². The van der Waals surface area contributed by atoms with Crippen molar-refractivity contribution in [3.8, 4) is 0 Å². The number of rotatable bonds is 8. The van der Waals surface area contributed by atoms with Gasteiger partial charge in [0.1, 0.15) is 0 Å². The molecule has 0 aromatic heterocycles. The molecule has 2 rings (SSSR count). The maximum atomic E-state index is 12.7. The second-order valence-corrected chi connectivity index (χ2v) is 7.61. The van der Waals surface area contributed by atoms with Crippen LogP contribution in [0.15, 0.2) is 0 Å². The van der Waals surface area contributed by atoms with Crippen molar-refractivity contribution in [2.24, 2.45) is 11.3 Å². The van der Waals surface area contributed by atoms with Gasteiger partial charge in [0, 0.05) is 12.0 Å². The lowest BCUT2D eigenvalue weighted by molar-refractivity contribution is -0.167. The van der Waals surface area contributed by atoms with Crippen molar-refractivity contribution in [3.63, 3.8) is 0 Å². The molecule has 0 radical (unpaired) electrons. The molecule has 148 valence electrons. The number of hydrogen-bond acceptors (Lipinski definition) is 5. The predicted molar refractivity (Wildman–Crippen MR) is 97.3 cm³/mol. The van der Waals surface area contributed by atoms with E-state index in [0.717, 1.165) is 44.9 Å². The van der Waals surface area contributed by atoms with Crippen molar-refractivity contribution >= 4 is 17.8 Å². The fourth-order valence-electron chi connectivity index (χ4n) is 4.19. The van der Waals surface area contributed by atoms with Crippen LogP contribution in [0.5, 0.6) is 0 Å². The van der Waals surface area contributed by atoms with Gasteiger partial charge in [0.15, 0.2) is 11.5 Å². The quantitative estimate of drug-likeness (QED) is 0.405. The molecule has 1 amide bonds. The third-order valence-electron chi connectivity index (χ3n) is 5.85. The van der Waals surface area contributed by atoms with Gasteiger partial charge in [0.05, 0.1) is 6.61 Å². The first kappa shape index (κ1) is 20.7. The van der Waals surface area contributed by atoms with E-state index >= 15 is 0 Å². The molecule has 1 aliphatic heterocycles. The van der Waals surface area contributed by atoms with Crippen molar-refractivity contribution in [2.45, 2.75) is 90.7 Å². The van der Waals surface area contributed by atoms with Crippen LogP contribution in [0.2, 0.25) is 0 Å². The lowest BCUT2D eigenvalue weighted by Crippen LogP contribution is -2.47. The van der Waals surface area contributed by atoms with E-state index in [9.17, 15) is 14.4 Å². The Bertz CT molecular complexity index is 514. The third kappa shape index (κ3) is 4.21. The fourth-order valence-corrected chi connectivity index (χ4v) is 4.19. The summed E-state index contributed by atoms with van der Waals surface area (Å²) in [5.74, 6) is -1.97. The lowest BCUT2D eigenvalue weighted by Gasteiger charge is -2.28. The number of carbonyl (C=O) groups is 3. The van der Waals surface area contributed by atoms with Crippen LogP contribution >= 0.6 is 0 Å². The number of carbonyl (C=O) groups excluding carboxylic acids is 3. The van der Waals surface area contributed by atoms with Crippen LogP contribution in [-0.2, 0) is 23.9 Å². The first-order valence-electron chi connectivity index (χ1n) is 10.2. The highest BCUT2D eigenvalue weighted by Crippen LogP contribution is 2.45. The maximum absolute atomic E-state index is 12.7. The molecule has 3 atom stereocenters. The molecule has 2 aliphatic rings. The van der Waals surface area contributed by atoms with Gasteiger partial charge >= 0.3 is 11.9 Å². The predicted octanol–water partition coefficient (Wildman–Crippen LogP) is 3.13. The molecule has 26 heavy (non-hydrogen) atoms. The Labute approximate surface area is 156 Å². The monoisotopic (exact) mass is 367 g/mol. The molecule has 1 aliphatic carbocycles. The smallest absolute Gasteiger partial charge is 0.324 e. The van der Waals surface area contributed by atoms with Crippen LogP contribution in [0.25, 0.3) is 0 Å². The van der Waals surface area contributed by atoms with Crippen LogP contribution < -0.4 is 5.32 Å². The molecule has 0 aromatic rings. The van der Waals surface area contributed by atoms with Gasteiger partial charge in [-0.25, -0.2) is 0 Å². The molecule has 0 spiro atoms. The highest BCUT2D eigenvalue weighted by Gasteiger charge is 2.62. The number of amides is 1. The summed E-state index contributed by atoms with van der Waals surface area (Å²) in [5, 5.41) is 3.02. The standard InChI is InChI=1S/C20H33NO5/c1-4-6-10-13-20(18(23)25-5-2)14(3)16(26-19(20)24)17(22)21-15-11-8-7-9-12-15/h14-16H,4-13H2,1-3H3,(H,21,22). The van der Waals surface area contributed by atoms with Gasteiger partial charge in [-0.15, -0.1) is 0 Å². The summed E-state index contributed by atoms with van der Waals surface area (Å²) in [6.45, 7) is 5.75. The Kier molecular flexibility index (Phi) is 7.47. The van der Waals surface area contributed by atoms with Gasteiger partial charge < -0.3 is 14.8 Å². The van der Waals surface area contributed by atoms with Crippen molar-refractivity contribution < 1.29 is 23.9 Å². The molecule has 1 saturated heterocycles. The van der Waals surface area contributed by atoms with E-state index < -0.39 is 29.4 Å². The minimum atomic E-state index is -1.36. The minimum absolute atomic E-state index is 0.139. The van der Waals surface area contributed by atoms with Gasteiger partial charge in [-0.05, 0) is 26.2 Å². The van der Waals surface area contributed by atoms with E-state index in [-0.39, 0.29) is 18.6 Å². The van der Waals surface area contributed by atoms with Gasteiger partial charge in [-0.1, -0.05) is 52.4 Å². The zero-order valence-electron chi connectivity index (χ0n) is 16.3. The van der Waals surface area contributed by atoms with Gasteiger partial charge in [0.25, 0.3) is 5.91 Å². The number of esters is 2. The Balaban J connectivity index is 2.14. The van der Waals surface area contributed by atoms with Crippen LogP contribution in [0.4, 0.5) is 0 Å². The first-order chi connectivity index (χ1) is 12.5. The van der Waals surface area contributed by atoms with Gasteiger partial charge in [0.2, 0.25) is 0 Å². The molecule has 1 saturated carbocycles. The zero-order chi connectivity index (χ0) is 19.2. The Morgan fingerprint density at radius 1 is 1.19 bits per heavy atom. The largest absolute Gasteiger partial charge is 0.465 e. The molecule has 2 fully saturated rings. The third-order valence-corrected chi connectivity index (χ3v) is 5.85. The summed E-state index contributed by atoms with van der Waals surface area (Å²) in [6, 6.07) is 0.139. The zero-order valence-corrected chi connectivity index (χ0v) is 16.3. The SMILES string of the molecule is CCCCCC1(C(=O)OCC)C(=O)OC(C(=O)NC2CCCCC2)C1C. The minimum Gasteiger partial charge on any atom is -0.465 e. The number of cyclic esters (lactones) is 1. The average molecular weight is 367 g/mol. The topological polar surface area (TPSA) is 81.7 Å². The normalized spacial score (nSPS) is 29.3. The van der Waals surface area contributed by atoms with Crippen molar-refractivity contribution in [3.05, 3.63) is 0 Å². The second kappa shape index (κ2) is 9.38. The van der Waals surface area contributed by atoms with Gasteiger partial charge in [-0.2, -0.15) is 0 Å². The van der Waals surface area contributed by atoms with Crippen LogP contribution in [-0.4, -0.2) is 36.6 Å². The molecule has 1 N–H and O–H groups in total. The summed E-state index contributed by atoms with van der Waals surface area (Å²) in [7, 11) is 0. The molecule has 0 bridgehead atoms. The molecule has 6 nitrogen and oxygen atoms in total. The Morgan fingerprint density at radius 3 is 2.50 bits per heavy atom. The number of ether oxygens (including phenoxy) is 2. The van der Waals surface area contributed by atoms with E-state index in [0.29, 0.717) is 6.42 Å². The van der Waals surface area contributed by atoms with Crippen LogP contribution in [0.3, 0.4) is 0 Å². The highest BCUT2D eigenvalue weighted by atomic mass is 16.6. The van der Waals surface area contributed by atoms with E-state index in [4.69, 9.17) is 9.47 Å². The molecule has 1 heterocycles. The summed E-state index contributed by atoms with van der Waals surface area (Å²) in [5.41, 5.74) is -1.36. The number of nitrogens with one attached hydrogen (secondary N) is 1. The molecular formula is C20H33NO5. The van der Waals surface area contributed by atoms with E-state index in [1.54, 1.807) is 13.8 Å². The number of unbranched alkanes of at least 4 members (excludes halogenated alkanes) is 2. The van der Waals surface area contributed by atoms with E-state index in [1.807, 2.05) is 0 Å².